The molecule has 2 aliphatic heterocycles. The standard InChI is InChI=1S/C27H40N6O4.C8H7ClF3N.C4H8N2O/c1-6-22(30-31(5)17-20-9-7-11-24-21(20)10-8-16-37-24)23(18-34)32-12-14-33(15-13-32)27(36)25(29-4)26(35)19(2)28-3;1-13-7-3-2-5(4-6(7)9)8(10,11)12;1-5-6(2)3-4-7/h7,9,11,18,29-30,35H,6,8,10,12-17H2,1-5H3;2-4,13H,1H3;4H,1,3H2,2H3/b23-22+,26-25+,28-19?;;. The van der Waals surface area contributed by atoms with Crippen molar-refractivity contribution in [2.45, 2.75) is 45.8 Å². The first-order valence-electron chi connectivity index (χ1n) is 18.2. The van der Waals surface area contributed by atoms with Crippen LogP contribution in [0.3, 0.4) is 0 Å². The Balaban J connectivity index is 0.000000457. The number of rotatable bonds is 14. The quantitative estimate of drug-likeness (QED) is 0.0660. The minimum Gasteiger partial charge on any atom is -0.504 e. The van der Waals surface area contributed by atoms with Crippen LogP contribution in [0, 0.1) is 0 Å². The number of amides is 1. The molecule has 14 nitrogen and oxygen atoms in total. The molecule has 18 heteroatoms. The van der Waals surface area contributed by atoms with Crippen molar-refractivity contribution < 1.29 is 37.4 Å². The van der Waals surface area contributed by atoms with Crippen molar-refractivity contribution in [2.75, 3.05) is 79.9 Å². The maximum atomic E-state index is 13.0. The topological polar surface area (TPSA) is 154 Å². The van der Waals surface area contributed by atoms with Crippen molar-refractivity contribution in [3.63, 3.8) is 0 Å². The normalized spacial score (nSPS) is 14.8. The average Bonchev–Trinajstić information content (AvgIpc) is 3.21. The lowest BCUT2D eigenvalue weighted by molar-refractivity contribution is -0.137. The number of allylic oxidation sites excluding steroid dienone is 3. The van der Waals surface area contributed by atoms with E-state index in [1.54, 1.807) is 40.0 Å². The molecule has 314 valence electrons. The largest absolute Gasteiger partial charge is 0.504 e. The maximum absolute atomic E-state index is 13.0. The monoisotopic (exact) mass is 821 g/mol. The molecule has 57 heavy (non-hydrogen) atoms. The molecule has 0 bridgehead atoms. The number of carbonyl (C=O) groups is 3. The predicted octanol–water partition coefficient (Wildman–Crippen LogP) is 5.13. The summed E-state index contributed by atoms with van der Waals surface area (Å²) in [4.78, 5) is 42.5. The van der Waals surface area contributed by atoms with Crippen LogP contribution in [-0.2, 0) is 33.5 Å². The smallest absolute Gasteiger partial charge is 0.416 e. The highest BCUT2D eigenvalue weighted by atomic mass is 35.5. The third kappa shape index (κ3) is 14.3. The van der Waals surface area contributed by atoms with Gasteiger partial charge in [0.1, 0.15) is 17.7 Å². The van der Waals surface area contributed by atoms with Gasteiger partial charge in [-0.3, -0.25) is 19.6 Å². The number of nitrogens with one attached hydrogen (secondary N) is 3. The van der Waals surface area contributed by atoms with Crippen LogP contribution in [-0.4, -0.2) is 130 Å². The van der Waals surface area contributed by atoms with Crippen LogP contribution in [0.1, 0.15) is 43.4 Å². The highest BCUT2D eigenvalue weighted by molar-refractivity contribution is 6.33. The summed E-state index contributed by atoms with van der Waals surface area (Å²) in [5, 5.41) is 22.8. The number of hydrogen-bond acceptors (Lipinski definition) is 13. The van der Waals surface area contributed by atoms with E-state index >= 15 is 0 Å². The molecule has 0 aliphatic carbocycles. The van der Waals surface area contributed by atoms with Crippen LogP contribution in [0.5, 0.6) is 5.75 Å². The van der Waals surface area contributed by atoms with E-state index in [0.717, 1.165) is 55.6 Å². The van der Waals surface area contributed by atoms with E-state index in [4.69, 9.17) is 16.3 Å². The highest BCUT2D eigenvalue weighted by Gasteiger charge is 2.31. The second kappa shape index (κ2) is 23.7. The Kier molecular flexibility index (Phi) is 19.9. The van der Waals surface area contributed by atoms with Gasteiger partial charge >= 0.3 is 6.18 Å². The molecular formula is C39H55ClF3N9O5. The Morgan fingerprint density at radius 2 is 1.77 bits per heavy atom. The number of anilines is 1. The number of halogens is 4. The van der Waals surface area contributed by atoms with E-state index in [0.29, 0.717) is 62.8 Å². The van der Waals surface area contributed by atoms with Crippen LogP contribution in [0.4, 0.5) is 18.9 Å². The number of aliphatic hydroxyl groups is 1. The molecule has 2 aromatic rings. The fraction of sp³-hybridized carbons (Fsp3) is 0.462. The number of nitrogens with zero attached hydrogens (tertiary/aromatic N) is 6. The Morgan fingerprint density at radius 3 is 2.28 bits per heavy atom. The lowest BCUT2D eigenvalue weighted by Crippen LogP contribution is -2.50. The van der Waals surface area contributed by atoms with Gasteiger partial charge in [0, 0.05) is 74.7 Å². The number of aliphatic hydroxyl groups excluding tert-OH is 1. The molecule has 4 N–H and O–H groups in total. The van der Waals surface area contributed by atoms with Gasteiger partial charge in [-0.05, 0) is 61.6 Å². The summed E-state index contributed by atoms with van der Waals surface area (Å²) in [6, 6.07) is 9.34. The van der Waals surface area contributed by atoms with Crippen molar-refractivity contribution in [1.29, 1.82) is 0 Å². The summed E-state index contributed by atoms with van der Waals surface area (Å²) < 4.78 is 42.2. The second-order valence-corrected chi connectivity index (χ2v) is 13.2. The molecule has 1 saturated heterocycles. The second-order valence-electron chi connectivity index (χ2n) is 12.8. The van der Waals surface area contributed by atoms with Crippen molar-refractivity contribution in [3.05, 3.63) is 81.0 Å². The molecule has 0 unspecified atom stereocenters. The van der Waals surface area contributed by atoms with Gasteiger partial charge in [-0.25, -0.2) is 5.01 Å². The number of piperazine rings is 1. The summed E-state index contributed by atoms with van der Waals surface area (Å²) in [5.74, 6) is 0.520. The van der Waals surface area contributed by atoms with Crippen molar-refractivity contribution in [3.8, 4) is 5.75 Å². The van der Waals surface area contributed by atoms with E-state index in [-0.39, 0.29) is 22.4 Å². The average molecular weight is 822 g/mol. The van der Waals surface area contributed by atoms with Gasteiger partial charge in [0.15, 0.2) is 12.0 Å². The highest BCUT2D eigenvalue weighted by Crippen LogP contribution is 2.33. The summed E-state index contributed by atoms with van der Waals surface area (Å²) in [5.41, 5.74) is 7.56. The number of aliphatic imine (C=N–C) groups is 1. The Labute approximate surface area is 338 Å². The maximum Gasteiger partial charge on any atom is 0.416 e. The fourth-order valence-electron chi connectivity index (χ4n) is 5.77. The number of fused-ring (bicyclic) bond motifs is 1. The molecule has 2 heterocycles. The fourth-order valence-corrected chi connectivity index (χ4v) is 6.05. The molecule has 2 aromatic carbocycles. The summed E-state index contributed by atoms with van der Waals surface area (Å²) in [6.45, 7) is 10.5. The molecule has 1 amide bonds. The van der Waals surface area contributed by atoms with Crippen LogP contribution in [0.15, 0.2) is 69.3 Å². The molecule has 1 fully saturated rings. The first-order chi connectivity index (χ1) is 27.1. The molecule has 0 saturated carbocycles. The number of hydrazone groups is 1. The zero-order valence-electron chi connectivity index (χ0n) is 33.7. The van der Waals surface area contributed by atoms with Crippen molar-refractivity contribution in [1.82, 2.24) is 30.6 Å². The van der Waals surface area contributed by atoms with Gasteiger partial charge in [0.25, 0.3) is 5.91 Å². The van der Waals surface area contributed by atoms with E-state index < -0.39 is 11.7 Å². The molecular weight excluding hydrogens is 767 g/mol. The van der Waals surface area contributed by atoms with Gasteiger partial charge < -0.3 is 40.5 Å². The van der Waals surface area contributed by atoms with Crippen LogP contribution >= 0.6 is 11.6 Å². The SMILES string of the molecule is C=NN(C)CC=O.CC/C(NN(C)Cc1cccc2c1CCCO2)=C(/C=O)N1CCN(C(=O)/C(NC)=C(\O)C(C)=NC)CC1.CNc1ccc(C(F)(F)F)cc1Cl. The number of hydrazine groups is 1. The predicted molar refractivity (Wildman–Crippen MR) is 218 cm³/mol. The zero-order valence-corrected chi connectivity index (χ0v) is 34.4. The first-order valence-corrected chi connectivity index (χ1v) is 18.6. The number of aldehydes is 2. The van der Waals surface area contributed by atoms with Gasteiger partial charge in [0.2, 0.25) is 0 Å². The van der Waals surface area contributed by atoms with Gasteiger partial charge in [0.05, 0.1) is 46.5 Å². The van der Waals surface area contributed by atoms with E-state index in [1.807, 2.05) is 36.0 Å². The molecule has 0 spiro atoms. The third-order valence-electron chi connectivity index (χ3n) is 9.00. The number of ether oxygens (including phenoxy) is 1. The third-order valence-corrected chi connectivity index (χ3v) is 9.31. The first kappa shape index (κ1) is 47.9. The van der Waals surface area contributed by atoms with Crippen LogP contribution in [0.2, 0.25) is 5.02 Å². The van der Waals surface area contributed by atoms with Gasteiger partial charge in [-0.15, -0.1) is 0 Å². The molecule has 0 aromatic heterocycles. The summed E-state index contributed by atoms with van der Waals surface area (Å²) in [7, 11) is 8.41. The Bertz CT molecular complexity index is 1760. The van der Waals surface area contributed by atoms with E-state index in [9.17, 15) is 32.7 Å². The number of alkyl halides is 3. The van der Waals surface area contributed by atoms with Gasteiger partial charge in [-0.2, -0.15) is 18.3 Å². The van der Waals surface area contributed by atoms with E-state index in [1.165, 1.54) is 22.2 Å². The number of likely N-dealkylation sites (N-methyl/N-ethyl adjacent to an activating group) is 2. The number of carbonyl (C=O) groups excluding carboxylic acids is 3. The summed E-state index contributed by atoms with van der Waals surface area (Å²) >= 11 is 5.57. The van der Waals surface area contributed by atoms with Crippen molar-refractivity contribution in [2.24, 2.45) is 10.1 Å². The number of benzene rings is 2. The number of hydrogen-bond donors (Lipinski definition) is 4. The minimum absolute atomic E-state index is 0.0670. The molecule has 0 radical (unpaired) electrons. The molecule has 0 atom stereocenters. The lowest BCUT2D eigenvalue weighted by Gasteiger charge is -2.37. The van der Waals surface area contributed by atoms with Crippen LogP contribution < -0.4 is 20.8 Å². The molecule has 2 aliphatic rings. The van der Waals surface area contributed by atoms with Crippen molar-refractivity contribution >= 4 is 48.2 Å². The Hall–Kier alpha value is -5.29. The summed E-state index contributed by atoms with van der Waals surface area (Å²) in [6.07, 6.45) is 0.00299. The van der Waals surface area contributed by atoms with E-state index in [2.05, 4.69) is 38.9 Å². The Morgan fingerprint density at radius 1 is 1.11 bits per heavy atom. The van der Waals surface area contributed by atoms with Crippen LogP contribution in [0.25, 0.3) is 0 Å². The lowest BCUT2D eigenvalue weighted by atomic mass is 10.00. The zero-order chi connectivity index (χ0) is 42.7. The van der Waals surface area contributed by atoms with Gasteiger partial charge in [-0.1, -0.05) is 30.7 Å². The molecule has 4 rings (SSSR count). The minimum atomic E-state index is -4.34.